The van der Waals surface area contributed by atoms with Crippen molar-refractivity contribution in [3.63, 3.8) is 0 Å². The first-order valence-electron chi connectivity index (χ1n) is 11.9. The number of urea groups is 1. The van der Waals surface area contributed by atoms with E-state index in [0.717, 1.165) is 16.8 Å². The summed E-state index contributed by atoms with van der Waals surface area (Å²) in [5, 5.41) is 19.5. The number of hydrogen-bond donors (Lipinski definition) is 3. The molecule has 37 heavy (non-hydrogen) atoms. The van der Waals surface area contributed by atoms with E-state index in [-0.39, 0.29) is 11.8 Å². The van der Waals surface area contributed by atoms with Gasteiger partial charge < -0.3 is 15.5 Å². The van der Waals surface area contributed by atoms with Crippen molar-refractivity contribution in [2.45, 2.75) is 20.0 Å². The minimum absolute atomic E-state index is 0.206. The van der Waals surface area contributed by atoms with E-state index in [2.05, 4.69) is 31.3 Å². The third-order valence-corrected chi connectivity index (χ3v) is 5.79. The van der Waals surface area contributed by atoms with E-state index < -0.39 is 12.2 Å². The quantitative estimate of drug-likeness (QED) is 0.375. The lowest BCUT2D eigenvalue weighted by molar-refractivity contribution is -0.120. The Morgan fingerprint density at radius 1 is 1.00 bits per heavy atom. The van der Waals surface area contributed by atoms with Gasteiger partial charge in [-0.1, -0.05) is 74.5 Å². The number of nitrogens with one attached hydrogen (secondary N) is 3. The molecule has 3 aromatic carbocycles. The minimum atomic E-state index is -1.12. The molecule has 0 saturated heterocycles. The van der Waals surface area contributed by atoms with Crippen LogP contribution in [0.3, 0.4) is 0 Å². The molecule has 1 aromatic heterocycles. The summed E-state index contributed by atoms with van der Waals surface area (Å²) < 4.78 is 0. The van der Waals surface area contributed by atoms with Crippen LogP contribution in [0.15, 0.2) is 83.9 Å². The first kappa shape index (κ1) is 23.9. The first-order chi connectivity index (χ1) is 18.0. The second-order valence-corrected chi connectivity index (χ2v) is 9.02. The number of aromatic nitrogens is 4. The molecule has 4 aromatic rings. The maximum absolute atomic E-state index is 13.8. The van der Waals surface area contributed by atoms with E-state index in [1.54, 1.807) is 29.2 Å². The molecule has 0 aliphatic carbocycles. The van der Waals surface area contributed by atoms with Gasteiger partial charge in [-0.15, -0.1) is 10.2 Å². The van der Waals surface area contributed by atoms with Crippen LogP contribution in [0, 0.1) is 5.92 Å². The smallest absolute Gasteiger partial charge is 0.308 e. The van der Waals surface area contributed by atoms with Gasteiger partial charge in [-0.2, -0.15) is 5.21 Å². The fraction of sp³-hybridized carbons (Fsp3) is 0.185. The summed E-state index contributed by atoms with van der Waals surface area (Å²) in [5.41, 5.74) is 4.28. The van der Waals surface area contributed by atoms with Crippen molar-refractivity contribution in [1.29, 1.82) is 0 Å². The van der Waals surface area contributed by atoms with Crippen LogP contribution in [0.25, 0.3) is 11.4 Å². The normalized spacial score (nSPS) is 15.1. The fourth-order valence-electron chi connectivity index (χ4n) is 4.21. The number of rotatable bonds is 6. The molecular weight excluding hydrogens is 468 g/mol. The van der Waals surface area contributed by atoms with Crippen molar-refractivity contribution < 1.29 is 9.59 Å². The third kappa shape index (κ3) is 5.22. The molecule has 1 atom stereocenters. The molecule has 2 heterocycles. The standard InChI is InChI=1S/C27H26N8O2/c1-17(2)16-35-22-14-7-6-13-21(22)23(18-9-4-3-5-10-18)29-25(26(35)36)30-27(37)28-20-12-8-11-19(15-20)24-31-33-34-32-24/h3-15,17,25H,16H2,1-2H3,(H2,28,30,37)(H,31,32,33,34)/t25-/m1/s1. The molecule has 0 spiro atoms. The molecule has 186 valence electrons. The summed E-state index contributed by atoms with van der Waals surface area (Å²) >= 11 is 0. The van der Waals surface area contributed by atoms with Crippen LogP contribution < -0.4 is 15.5 Å². The maximum Gasteiger partial charge on any atom is 0.321 e. The third-order valence-electron chi connectivity index (χ3n) is 5.79. The molecule has 3 amide bonds. The van der Waals surface area contributed by atoms with Gasteiger partial charge in [-0.05, 0) is 29.3 Å². The number of anilines is 2. The number of para-hydroxylation sites is 1. The van der Waals surface area contributed by atoms with Crippen molar-refractivity contribution in [3.05, 3.63) is 90.0 Å². The van der Waals surface area contributed by atoms with Gasteiger partial charge in [0.05, 0.1) is 11.4 Å². The number of amides is 3. The van der Waals surface area contributed by atoms with Gasteiger partial charge in [-0.3, -0.25) is 4.79 Å². The second kappa shape index (κ2) is 10.4. The zero-order chi connectivity index (χ0) is 25.8. The number of fused-ring (bicyclic) bond motifs is 1. The second-order valence-electron chi connectivity index (χ2n) is 9.02. The first-order valence-corrected chi connectivity index (χ1v) is 11.9. The van der Waals surface area contributed by atoms with Crippen molar-refractivity contribution >= 4 is 29.0 Å². The Hall–Kier alpha value is -4.86. The summed E-state index contributed by atoms with van der Waals surface area (Å²) in [7, 11) is 0. The Bertz CT molecular complexity index is 1430. The summed E-state index contributed by atoms with van der Waals surface area (Å²) in [4.78, 5) is 33.3. The number of aliphatic imine (C=N–C) groups is 1. The lowest BCUT2D eigenvalue weighted by Crippen LogP contribution is -2.49. The highest BCUT2D eigenvalue weighted by Gasteiger charge is 2.33. The number of tetrazole rings is 1. The molecule has 0 fully saturated rings. The SMILES string of the molecule is CC(C)CN1C(=O)[C@@H](NC(=O)Nc2cccc(-c3nn[nH]n3)c2)N=C(c2ccccc2)c2ccccc21. The average Bonchev–Trinajstić information content (AvgIpc) is 3.42. The van der Waals surface area contributed by atoms with E-state index in [1.807, 2.05) is 68.4 Å². The highest BCUT2D eigenvalue weighted by molar-refractivity contribution is 6.20. The molecule has 3 N–H and O–H groups in total. The molecule has 0 bridgehead atoms. The van der Waals surface area contributed by atoms with Crippen LogP contribution in [0.2, 0.25) is 0 Å². The molecule has 10 heteroatoms. The highest BCUT2D eigenvalue weighted by atomic mass is 16.2. The van der Waals surface area contributed by atoms with Crippen molar-refractivity contribution in [1.82, 2.24) is 25.9 Å². The Labute approximate surface area is 213 Å². The van der Waals surface area contributed by atoms with E-state index >= 15 is 0 Å². The summed E-state index contributed by atoms with van der Waals surface area (Å²) in [6.07, 6.45) is -1.12. The number of carbonyl (C=O) groups excluding carboxylic acids is 2. The van der Waals surface area contributed by atoms with Crippen LogP contribution in [-0.4, -0.2) is 51.0 Å². The van der Waals surface area contributed by atoms with Crippen LogP contribution in [0.4, 0.5) is 16.2 Å². The maximum atomic E-state index is 13.8. The predicted octanol–water partition coefficient (Wildman–Crippen LogP) is 3.85. The van der Waals surface area contributed by atoms with E-state index in [4.69, 9.17) is 4.99 Å². The predicted molar refractivity (Wildman–Crippen MR) is 141 cm³/mol. The van der Waals surface area contributed by atoms with Gasteiger partial charge in [0, 0.05) is 28.9 Å². The molecule has 1 aliphatic rings. The zero-order valence-corrected chi connectivity index (χ0v) is 20.4. The molecule has 1 aliphatic heterocycles. The van der Waals surface area contributed by atoms with Gasteiger partial charge in [0.2, 0.25) is 12.0 Å². The minimum Gasteiger partial charge on any atom is -0.308 e. The zero-order valence-electron chi connectivity index (χ0n) is 20.4. The Kier molecular flexibility index (Phi) is 6.71. The van der Waals surface area contributed by atoms with E-state index in [9.17, 15) is 9.59 Å². The van der Waals surface area contributed by atoms with Gasteiger partial charge >= 0.3 is 6.03 Å². The van der Waals surface area contributed by atoms with Gasteiger partial charge in [0.25, 0.3) is 5.91 Å². The Morgan fingerprint density at radius 3 is 2.51 bits per heavy atom. The molecule has 5 rings (SSSR count). The number of nitrogens with zero attached hydrogens (tertiary/aromatic N) is 5. The number of hydrogen-bond acceptors (Lipinski definition) is 6. The monoisotopic (exact) mass is 494 g/mol. The highest BCUT2D eigenvalue weighted by Crippen LogP contribution is 2.29. The lowest BCUT2D eigenvalue weighted by Gasteiger charge is -2.27. The number of carbonyl (C=O) groups is 2. The fourth-order valence-corrected chi connectivity index (χ4v) is 4.21. The Balaban J connectivity index is 1.47. The topological polar surface area (TPSA) is 128 Å². The van der Waals surface area contributed by atoms with Crippen molar-refractivity contribution in [3.8, 4) is 11.4 Å². The lowest BCUT2D eigenvalue weighted by atomic mass is 10.00. The van der Waals surface area contributed by atoms with Crippen LogP contribution in [0.1, 0.15) is 25.0 Å². The average molecular weight is 495 g/mol. The van der Waals surface area contributed by atoms with Crippen LogP contribution in [-0.2, 0) is 4.79 Å². The van der Waals surface area contributed by atoms with Crippen molar-refractivity contribution in [2.75, 3.05) is 16.8 Å². The summed E-state index contributed by atoms with van der Waals surface area (Å²) in [6, 6.07) is 23.8. The molecule has 0 radical (unpaired) electrons. The molecule has 10 nitrogen and oxygen atoms in total. The van der Waals surface area contributed by atoms with Gasteiger partial charge in [0.15, 0.2) is 0 Å². The van der Waals surface area contributed by atoms with E-state index in [0.29, 0.717) is 29.3 Å². The number of H-pyrrole nitrogens is 1. The van der Waals surface area contributed by atoms with E-state index in [1.165, 1.54) is 0 Å². The molecule has 0 saturated carbocycles. The summed E-state index contributed by atoms with van der Waals surface area (Å²) in [6.45, 7) is 4.58. The largest absolute Gasteiger partial charge is 0.321 e. The van der Waals surface area contributed by atoms with Gasteiger partial charge in [-0.25, -0.2) is 9.79 Å². The summed E-state index contributed by atoms with van der Waals surface area (Å²) in [5.74, 6) is 0.308. The molecular formula is C27H26N8O2. The number of benzene rings is 3. The Morgan fingerprint density at radius 2 is 1.76 bits per heavy atom. The van der Waals surface area contributed by atoms with Crippen molar-refractivity contribution in [2.24, 2.45) is 10.9 Å². The van der Waals surface area contributed by atoms with Gasteiger partial charge in [0.1, 0.15) is 0 Å². The van der Waals surface area contributed by atoms with Crippen LogP contribution in [0.5, 0.6) is 0 Å². The number of aromatic amines is 1. The molecule has 0 unspecified atom stereocenters. The van der Waals surface area contributed by atoms with Crippen LogP contribution >= 0.6 is 0 Å². The number of benzodiazepines with no additional fused rings is 1.